The largest absolute Gasteiger partial charge is 0.335 e. The zero-order chi connectivity index (χ0) is 15.6. The SMILES string of the molecule is N#CCCN(Cc1ccccn1)C(=O)CSc1ccccc1. The van der Waals surface area contributed by atoms with E-state index in [1.807, 2.05) is 48.5 Å². The highest BCUT2D eigenvalue weighted by Crippen LogP contribution is 2.18. The van der Waals surface area contributed by atoms with Crippen LogP contribution < -0.4 is 0 Å². The van der Waals surface area contributed by atoms with Gasteiger partial charge in [0, 0.05) is 17.6 Å². The fourth-order valence-corrected chi connectivity index (χ4v) is 2.74. The van der Waals surface area contributed by atoms with Crippen LogP contribution in [-0.2, 0) is 11.3 Å². The number of amides is 1. The zero-order valence-corrected chi connectivity index (χ0v) is 13.0. The first-order valence-electron chi connectivity index (χ1n) is 7.02. The molecule has 0 bridgehead atoms. The summed E-state index contributed by atoms with van der Waals surface area (Å²) < 4.78 is 0. The molecule has 0 radical (unpaired) electrons. The standard InChI is InChI=1S/C17H17N3OS/c18-10-6-12-20(13-15-7-4-5-11-19-15)17(21)14-22-16-8-2-1-3-9-16/h1-5,7-9,11H,6,12-14H2. The number of benzene rings is 1. The predicted molar refractivity (Wildman–Crippen MR) is 87.1 cm³/mol. The van der Waals surface area contributed by atoms with Crippen LogP contribution in [0.3, 0.4) is 0 Å². The fourth-order valence-electron chi connectivity index (χ4n) is 1.92. The number of aromatic nitrogens is 1. The normalized spacial score (nSPS) is 9.95. The van der Waals surface area contributed by atoms with Gasteiger partial charge in [0.1, 0.15) is 0 Å². The molecule has 2 rings (SSSR count). The molecule has 0 aliphatic rings. The van der Waals surface area contributed by atoms with Crippen LogP contribution in [0.4, 0.5) is 0 Å². The Kier molecular flexibility index (Phi) is 6.46. The number of pyridine rings is 1. The molecular formula is C17H17N3OS. The summed E-state index contributed by atoms with van der Waals surface area (Å²) in [7, 11) is 0. The molecule has 5 heteroatoms. The van der Waals surface area contributed by atoms with E-state index in [1.165, 1.54) is 11.8 Å². The van der Waals surface area contributed by atoms with Crippen LogP contribution in [0.2, 0.25) is 0 Å². The lowest BCUT2D eigenvalue weighted by Crippen LogP contribution is -2.33. The molecule has 0 saturated carbocycles. The number of hydrogen-bond donors (Lipinski definition) is 0. The highest BCUT2D eigenvalue weighted by atomic mass is 32.2. The molecule has 1 aromatic carbocycles. The van der Waals surface area contributed by atoms with Crippen molar-refractivity contribution in [2.24, 2.45) is 0 Å². The van der Waals surface area contributed by atoms with Crippen molar-refractivity contribution in [1.82, 2.24) is 9.88 Å². The first-order valence-corrected chi connectivity index (χ1v) is 8.00. The van der Waals surface area contributed by atoms with E-state index in [-0.39, 0.29) is 5.91 Å². The summed E-state index contributed by atoms with van der Waals surface area (Å²) >= 11 is 1.51. The third kappa shape index (κ3) is 5.23. The number of hydrogen-bond acceptors (Lipinski definition) is 4. The minimum Gasteiger partial charge on any atom is -0.335 e. The topological polar surface area (TPSA) is 57.0 Å². The van der Waals surface area contributed by atoms with Crippen molar-refractivity contribution < 1.29 is 4.79 Å². The molecule has 0 aliphatic heterocycles. The zero-order valence-electron chi connectivity index (χ0n) is 12.2. The molecule has 1 aromatic heterocycles. The number of rotatable bonds is 7. The Morgan fingerprint density at radius 1 is 1.18 bits per heavy atom. The van der Waals surface area contributed by atoms with E-state index in [4.69, 9.17) is 5.26 Å². The van der Waals surface area contributed by atoms with Crippen molar-refractivity contribution in [2.75, 3.05) is 12.3 Å². The lowest BCUT2D eigenvalue weighted by Gasteiger charge is -2.21. The summed E-state index contributed by atoms with van der Waals surface area (Å²) in [6.45, 7) is 0.873. The van der Waals surface area contributed by atoms with Crippen molar-refractivity contribution in [3.8, 4) is 6.07 Å². The summed E-state index contributed by atoms with van der Waals surface area (Å²) in [6.07, 6.45) is 2.04. The molecule has 0 atom stereocenters. The van der Waals surface area contributed by atoms with Crippen molar-refractivity contribution in [1.29, 1.82) is 5.26 Å². The molecule has 0 unspecified atom stereocenters. The Morgan fingerprint density at radius 2 is 1.95 bits per heavy atom. The van der Waals surface area contributed by atoms with E-state index < -0.39 is 0 Å². The number of carbonyl (C=O) groups excluding carboxylic acids is 1. The van der Waals surface area contributed by atoms with Crippen LogP contribution in [0, 0.1) is 11.3 Å². The van der Waals surface area contributed by atoms with Gasteiger partial charge in [-0.05, 0) is 24.3 Å². The first-order chi connectivity index (χ1) is 10.8. The second kappa shape index (κ2) is 8.85. The molecule has 1 amide bonds. The van der Waals surface area contributed by atoms with Crippen LogP contribution in [-0.4, -0.2) is 28.1 Å². The summed E-state index contributed by atoms with van der Waals surface area (Å²) in [6, 6.07) is 17.5. The summed E-state index contributed by atoms with van der Waals surface area (Å²) in [5.41, 5.74) is 0.832. The number of thioether (sulfide) groups is 1. The molecule has 22 heavy (non-hydrogen) atoms. The van der Waals surface area contributed by atoms with Crippen LogP contribution in [0.1, 0.15) is 12.1 Å². The first kappa shape index (κ1) is 16.1. The number of carbonyl (C=O) groups is 1. The molecule has 4 nitrogen and oxygen atoms in total. The van der Waals surface area contributed by atoms with E-state index in [1.54, 1.807) is 11.1 Å². The summed E-state index contributed by atoms with van der Waals surface area (Å²) in [4.78, 5) is 19.4. The Hall–Kier alpha value is -2.32. The van der Waals surface area contributed by atoms with Gasteiger partial charge in [0.15, 0.2) is 0 Å². The second-order valence-electron chi connectivity index (χ2n) is 4.65. The van der Waals surface area contributed by atoms with Gasteiger partial charge in [-0.2, -0.15) is 5.26 Å². The van der Waals surface area contributed by atoms with E-state index in [0.717, 1.165) is 10.6 Å². The van der Waals surface area contributed by atoms with Crippen molar-refractivity contribution >= 4 is 17.7 Å². The lowest BCUT2D eigenvalue weighted by molar-refractivity contribution is -0.128. The maximum Gasteiger partial charge on any atom is 0.233 e. The monoisotopic (exact) mass is 311 g/mol. The molecule has 2 aromatic rings. The van der Waals surface area contributed by atoms with E-state index in [9.17, 15) is 4.79 Å². The van der Waals surface area contributed by atoms with Gasteiger partial charge in [-0.3, -0.25) is 9.78 Å². The van der Waals surface area contributed by atoms with Gasteiger partial charge in [0.05, 0.1) is 30.5 Å². The number of nitriles is 1. The quantitative estimate of drug-likeness (QED) is 0.737. The lowest BCUT2D eigenvalue weighted by atomic mass is 10.3. The van der Waals surface area contributed by atoms with Gasteiger partial charge in [-0.15, -0.1) is 11.8 Å². The van der Waals surface area contributed by atoms with E-state index >= 15 is 0 Å². The molecule has 0 spiro atoms. The van der Waals surface area contributed by atoms with Gasteiger partial charge in [-0.1, -0.05) is 24.3 Å². The smallest absolute Gasteiger partial charge is 0.233 e. The Balaban J connectivity index is 1.95. The fraction of sp³-hybridized carbons (Fsp3) is 0.235. The highest BCUT2D eigenvalue weighted by molar-refractivity contribution is 8.00. The molecule has 1 heterocycles. The van der Waals surface area contributed by atoms with Crippen LogP contribution in [0.5, 0.6) is 0 Å². The average molecular weight is 311 g/mol. The molecular weight excluding hydrogens is 294 g/mol. The van der Waals surface area contributed by atoms with Gasteiger partial charge in [0.25, 0.3) is 0 Å². The molecule has 0 N–H and O–H groups in total. The minimum absolute atomic E-state index is 0.0229. The van der Waals surface area contributed by atoms with Gasteiger partial charge >= 0.3 is 0 Å². The predicted octanol–water partition coefficient (Wildman–Crippen LogP) is 3.12. The van der Waals surface area contributed by atoms with Crippen LogP contribution in [0.15, 0.2) is 59.6 Å². The van der Waals surface area contributed by atoms with Gasteiger partial charge in [-0.25, -0.2) is 0 Å². The summed E-state index contributed by atoms with van der Waals surface area (Å²) in [5.74, 6) is 0.386. The van der Waals surface area contributed by atoms with Gasteiger partial charge in [0.2, 0.25) is 5.91 Å². The van der Waals surface area contributed by atoms with E-state index in [2.05, 4.69) is 11.1 Å². The Bertz CT molecular complexity index is 625. The Morgan fingerprint density at radius 3 is 2.64 bits per heavy atom. The maximum absolute atomic E-state index is 12.4. The maximum atomic E-state index is 12.4. The Labute approximate surface area is 134 Å². The second-order valence-corrected chi connectivity index (χ2v) is 5.69. The molecule has 112 valence electrons. The van der Waals surface area contributed by atoms with Crippen LogP contribution >= 0.6 is 11.8 Å². The van der Waals surface area contributed by atoms with Crippen molar-refractivity contribution in [3.63, 3.8) is 0 Å². The minimum atomic E-state index is 0.0229. The third-order valence-electron chi connectivity index (χ3n) is 3.03. The van der Waals surface area contributed by atoms with E-state index in [0.29, 0.717) is 25.3 Å². The van der Waals surface area contributed by atoms with Gasteiger partial charge < -0.3 is 4.90 Å². The van der Waals surface area contributed by atoms with Crippen molar-refractivity contribution in [2.45, 2.75) is 17.9 Å². The third-order valence-corrected chi connectivity index (χ3v) is 4.03. The van der Waals surface area contributed by atoms with Crippen LogP contribution in [0.25, 0.3) is 0 Å². The van der Waals surface area contributed by atoms with Crippen molar-refractivity contribution in [3.05, 3.63) is 60.4 Å². The summed E-state index contributed by atoms with van der Waals surface area (Å²) in [5, 5.41) is 8.76. The highest BCUT2D eigenvalue weighted by Gasteiger charge is 2.14. The molecule has 0 aliphatic carbocycles. The number of nitrogens with zero attached hydrogens (tertiary/aromatic N) is 3. The average Bonchev–Trinajstić information content (AvgIpc) is 2.58. The molecule has 0 saturated heterocycles. The molecule has 0 fully saturated rings.